The third-order valence-corrected chi connectivity index (χ3v) is 5.96. The van der Waals surface area contributed by atoms with E-state index >= 15 is 0 Å². The van der Waals surface area contributed by atoms with E-state index in [1.807, 2.05) is 31.6 Å². The SMILES string of the molecule is CNCc1scc(C)c1S(=O)(=O)NCCc1ccn(C)n1. The maximum absolute atomic E-state index is 12.4. The van der Waals surface area contributed by atoms with Crippen LogP contribution in [0.5, 0.6) is 0 Å². The van der Waals surface area contributed by atoms with E-state index in [2.05, 4.69) is 15.1 Å². The zero-order valence-electron chi connectivity index (χ0n) is 12.4. The van der Waals surface area contributed by atoms with Crippen molar-refractivity contribution in [1.29, 1.82) is 0 Å². The topological polar surface area (TPSA) is 76.0 Å². The molecule has 0 aliphatic heterocycles. The van der Waals surface area contributed by atoms with Gasteiger partial charge in [0.2, 0.25) is 10.0 Å². The van der Waals surface area contributed by atoms with Gasteiger partial charge in [-0.2, -0.15) is 5.10 Å². The molecule has 6 nitrogen and oxygen atoms in total. The number of sulfonamides is 1. The molecule has 0 unspecified atom stereocenters. The van der Waals surface area contributed by atoms with Crippen LogP contribution in [0.1, 0.15) is 16.1 Å². The van der Waals surface area contributed by atoms with Crippen LogP contribution in [0, 0.1) is 6.92 Å². The first-order valence-electron chi connectivity index (χ1n) is 6.64. The second-order valence-electron chi connectivity index (χ2n) is 4.83. The Bertz CT molecular complexity index is 704. The van der Waals surface area contributed by atoms with Crippen LogP contribution in [0.4, 0.5) is 0 Å². The summed E-state index contributed by atoms with van der Waals surface area (Å²) in [6.45, 7) is 2.71. The Morgan fingerprint density at radius 3 is 2.81 bits per heavy atom. The molecule has 0 atom stereocenters. The van der Waals surface area contributed by atoms with Gasteiger partial charge >= 0.3 is 0 Å². The summed E-state index contributed by atoms with van der Waals surface area (Å²) < 4.78 is 29.3. The largest absolute Gasteiger partial charge is 0.315 e. The molecule has 8 heteroatoms. The minimum absolute atomic E-state index is 0.341. The van der Waals surface area contributed by atoms with Crippen molar-refractivity contribution in [1.82, 2.24) is 19.8 Å². The number of rotatable bonds is 7. The summed E-state index contributed by atoms with van der Waals surface area (Å²) in [4.78, 5) is 1.24. The van der Waals surface area contributed by atoms with Gasteiger partial charge in [-0.25, -0.2) is 13.1 Å². The molecule has 0 amide bonds. The normalized spacial score (nSPS) is 12.0. The van der Waals surface area contributed by atoms with Gasteiger partial charge in [0, 0.05) is 37.6 Å². The number of nitrogens with one attached hydrogen (secondary N) is 2. The fourth-order valence-electron chi connectivity index (χ4n) is 2.11. The van der Waals surface area contributed by atoms with Gasteiger partial charge < -0.3 is 5.32 Å². The van der Waals surface area contributed by atoms with Crippen molar-refractivity contribution in [3.63, 3.8) is 0 Å². The zero-order valence-corrected chi connectivity index (χ0v) is 14.0. The molecule has 0 saturated heterocycles. The van der Waals surface area contributed by atoms with Gasteiger partial charge in [-0.15, -0.1) is 11.3 Å². The van der Waals surface area contributed by atoms with Crippen molar-refractivity contribution < 1.29 is 8.42 Å². The van der Waals surface area contributed by atoms with Crippen LogP contribution < -0.4 is 10.0 Å². The van der Waals surface area contributed by atoms with Gasteiger partial charge in [0.1, 0.15) is 4.90 Å². The molecule has 2 rings (SSSR count). The first-order valence-corrected chi connectivity index (χ1v) is 9.00. The molecular formula is C13H20N4O2S2. The van der Waals surface area contributed by atoms with Crippen molar-refractivity contribution in [3.05, 3.63) is 33.8 Å². The minimum Gasteiger partial charge on any atom is -0.315 e. The first-order chi connectivity index (χ1) is 9.94. The van der Waals surface area contributed by atoms with Crippen molar-refractivity contribution >= 4 is 21.4 Å². The number of hydrogen-bond acceptors (Lipinski definition) is 5. The molecule has 2 N–H and O–H groups in total. The van der Waals surface area contributed by atoms with E-state index in [1.54, 1.807) is 11.7 Å². The Kier molecular flexibility index (Phi) is 5.15. The van der Waals surface area contributed by atoms with Gasteiger partial charge in [0.05, 0.1) is 5.69 Å². The van der Waals surface area contributed by atoms with Crippen LogP contribution in [0.3, 0.4) is 0 Å². The van der Waals surface area contributed by atoms with Crippen LogP contribution in [0.25, 0.3) is 0 Å². The lowest BCUT2D eigenvalue weighted by molar-refractivity contribution is 0.579. The average molecular weight is 328 g/mol. The van der Waals surface area contributed by atoms with Crippen LogP contribution in [0.2, 0.25) is 0 Å². The molecule has 0 aromatic carbocycles. The highest BCUT2D eigenvalue weighted by Gasteiger charge is 2.22. The first kappa shape index (κ1) is 16.2. The van der Waals surface area contributed by atoms with Gasteiger partial charge in [0.15, 0.2) is 0 Å². The van der Waals surface area contributed by atoms with E-state index < -0.39 is 10.0 Å². The molecule has 0 fully saturated rings. The quantitative estimate of drug-likeness (QED) is 0.796. The summed E-state index contributed by atoms with van der Waals surface area (Å²) in [6, 6.07) is 1.89. The Morgan fingerprint density at radius 2 is 2.19 bits per heavy atom. The molecule has 0 aliphatic rings. The summed E-state index contributed by atoms with van der Waals surface area (Å²) in [5, 5.41) is 9.11. The fraction of sp³-hybridized carbons (Fsp3) is 0.462. The molecule has 0 spiro atoms. The third-order valence-electron chi connectivity index (χ3n) is 3.04. The standard InChI is InChI=1S/C13H20N4O2S2/c1-10-9-20-12(8-14-2)13(10)21(18,19)15-6-4-11-5-7-17(3)16-11/h5,7,9,14-15H,4,6,8H2,1-3H3. The number of hydrogen-bond donors (Lipinski definition) is 2. The van der Waals surface area contributed by atoms with E-state index in [4.69, 9.17) is 0 Å². The van der Waals surface area contributed by atoms with Gasteiger partial charge in [0.25, 0.3) is 0 Å². The smallest absolute Gasteiger partial charge is 0.241 e. The Balaban J connectivity index is 2.06. The van der Waals surface area contributed by atoms with Crippen molar-refractivity contribution in [2.45, 2.75) is 24.8 Å². The van der Waals surface area contributed by atoms with Crippen LogP contribution in [-0.4, -0.2) is 31.8 Å². The monoisotopic (exact) mass is 328 g/mol. The molecule has 0 aliphatic carbocycles. The third kappa shape index (κ3) is 3.91. The van der Waals surface area contributed by atoms with Crippen molar-refractivity contribution in [3.8, 4) is 0 Å². The summed E-state index contributed by atoms with van der Waals surface area (Å²) in [5.41, 5.74) is 1.66. The maximum atomic E-state index is 12.4. The molecule has 0 saturated carbocycles. The predicted molar refractivity (Wildman–Crippen MR) is 83.9 cm³/mol. The van der Waals surface area contributed by atoms with E-state index in [1.165, 1.54) is 11.3 Å². The van der Waals surface area contributed by atoms with Crippen LogP contribution in [0.15, 0.2) is 22.5 Å². The molecule has 2 aromatic rings. The van der Waals surface area contributed by atoms with E-state index in [0.717, 1.165) is 16.1 Å². The highest BCUT2D eigenvalue weighted by molar-refractivity contribution is 7.89. The van der Waals surface area contributed by atoms with Gasteiger partial charge in [-0.3, -0.25) is 4.68 Å². The van der Waals surface area contributed by atoms with Crippen molar-refractivity contribution in [2.24, 2.45) is 7.05 Å². The number of thiophene rings is 1. The predicted octanol–water partition coefficient (Wildman–Crippen LogP) is 1.03. The molecule has 21 heavy (non-hydrogen) atoms. The molecule has 2 heterocycles. The lowest BCUT2D eigenvalue weighted by Crippen LogP contribution is -2.27. The highest BCUT2D eigenvalue weighted by Crippen LogP contribution is 2.26. The van der Waals surface area contributed by atoms with E-state index in [0.29, 0.717) is 24.4 Å². The molecule has 0 bridgehead atoms. The average Bonchev–Trinajstić information content (AvgIpc) is 2.97. The molecule has 0 radical (unpaired) electrons. The Hall–Kier alpha value is -1.22. The Morgan fingerprint density at radius 1 is 1.43 bits per heavy atom. The highest BCUT2D eigenvalue weighted by atomic mass is 32.2. The number of aryl methyl sites for hydroxylation is 2. The summed E-state index contributed by atoms with van der Waals surface area (Å²) in [5.74, 6) is 0. The summed E-state index contributed by atoms with van der Waals surface area (Å²) in [6.07, 6.45) is 2.42. The molecule has 116 valence electrons. The molecule has 2 aromatic heterocycles. The minimum atomic E-state index is -3.48. The zero-order chi connectivity index (χ0) is 15.5. The lowest BCUT2D eigenvalue weighted by atomic mass is 10.3. The lowest BCUT2D eigenvalue weighted by Gasteiger charge is -2.08. The number of aromatic nitrogens is 2. The van der Waals surface area contributed by atoms with Crippen LogP contribution in [-0.2, 0) is 30.0 Å². The maximum Gasteiger partial charge on any atom is 0.241 e. The second kappa shape index (κ2) is 6.69. The van der Waals surface area contributed by atoms with E-state index in [-0.39, 0.29) is 0 Å². The second-order valence-corrected chi connectivity index (χ2v) is 7.50. The van der Waals surface area contributed by atoms with Gasteiger partial charge in [-0.1, -0.05) is 0 Å². The fourth-order valence-corrected chi connectivity index (χ4v) is 4.96. The van der Waals surface area contributed by atoms with E-state index in [9.17, 15) is 8.42 Å². The van der Waals surface area contributed by atoms with Gasteiger partial charge in [-0.05, 0) is 31.0 Å². The Labute approximate surface area is 129 Å². The number of nitrogens with zero attached hydrogens (tertiary/aromatic N) is 2. The molecular weight excluding hydrogens is 308 g/mol. The van der Waals surface area contributed by atoms with Crippen molar-refractivity contribution in [2.75, 3.05) is 13.6 Å². The van der Waals surface area contributed by atoms with Crippen LogP contribution >= 0.6 is 11.3 Å². The summed E-state index contributed by atoms with van der Waals surface area (Å²) in [7, 11) is 0.167. The summed E-state index contributed by atoms with van der Waals surface area (Å²) >= 11 is 1.46.